The number of esters is 1. The van der Waals surface area contributed by atoms with E-state index in [1.165, 1.54) is 109 Å². The quantitative estimate of drug-likeness (QED) is 0.0271. The summed E-state index contributed by atoms with van der Waals surface area (Å²) >= 11 is 0. The zero-order valence-electron chi connectivity index (χ0n) is 39.9. The molecule has 0 heterocycles. The lowest BCUT2D eigenvalue weighted by Gasteiger charge is -2.18. The van der Waals surface area contributed by atoms with Crippen LogP contribution in [0.25, 0.3) is 0 Å². The number of carbonyl (C=O) groups excluding carboxylic acids is 3. The number of aliphatic hydroxyl groups excluding tert-OH is 1. The van der Waals surface area contributed by atoms with Crippen LogP contribution >= 0.6 is 0 Å². The minimum absolute atomic E-state index is 0.0378. The third-order valence-corrected chi connectivity index (χ3v) is 11.3. The highest BCUT2D eigenvalue weighted by Crippen LogP contribution is 2.19. The molecule has 0 radical (unpaired) electrons. The number of amides is 2. The molecule has 9 nitrogen and oxygen atoms in total. The summed E-state index contributed by atoms with van der Waals surface area (Å²) in [5.41, 5.74) is 0. The smallest absolute Gasteiger partial charge is 0.328 e. The molecule has 0 aromatic rings. The van der Waals surface area contributed by atoms with E-state index in [9.17, 15) is 19.2 Å². The van der Waals surface area contributed by atoms with Gasteiger partial charge in [-0.05, 0) is 103 Å². The minimum atomic E-state index is -1.39. The van der Waals surface area contributed by atoms with Crippen LogP contribution in [0.5, 0.6) is 0 Å². The first kappa shape index (κ1) is 58.8. The van der Waals surface area contributed by atoms with Crippen molar-refractivity contribution in [3.63, 3.8) is 0 Å². The Kier molecular flexibility index (Phi) is 44.8. The Hall–Kier alpha value is -3.20. The Morgan fingerprint density at radius 1 is 0.484 bits per heavy atom. The van der Waals surface area contributed by atoms with Gasteiger partial charge in [-0.3, -0.25) is 14.4 Å². The molecule has 0 bridgehead atoms. The zero-order chi connectivity index (χ0) is 45.4. The molecule has 9 heteroatoms. The number of nitrogens with one attached hydrogen (secondary N) is 2. The van der Waals surface area contributed by atoms with Crippen molar-refractivity contribution in [2.24, 2.45) is 0 Å². The van der Waals surface area contributed by atoms with Gasteiger partial charge >= 0.3 is 11.9 Å². The van der Waals surface area contributed by atoms with Gasteiger partial charge in [0.25, 0.3) is 0 Å². The Morgan fingerprint density at radius 3 is 1.37 bits per heavy atom. The van der Waals surface area contributed by atoms with Crippen LogP contribution in [0.1, 0.15) is 239 Å². The van der Waals surface area contributed by atoms with Gasteiger partial charge in [-0.1, -0.05) is 172 Å². The van der Waals surface area contributed by atoms with E-state index in [2.05, 4.69) is 73.1 Å². The van der Waals surface area contributed by atoms with Crippen LogP contribution in [0.15, 0.2) is 48.6 Å². The number of carboxylic acid groups (broad SMARTS) is 1. The van der Waals surface area contributed by atoms with E-state index < -0.39 is 24.5 Å². The van der Waals surface area contributed by atoms with Crippen molar-refractivity contribution in [2.75, 3.05) is 13.2 Å². The topological polar surface area (TPSA) is 142 Å². The third-order valence-electron chi connectivity index (χ3n) is 11.3. The van der Waals surface area contributed by atoms with Gasteiger partial charge in [0, 0.05) is 12.8 Å². The maximum Gasteiger partial charge on any atom is 0.328 e. The van der Waals surface area contributed by atoms with Gasteiger partial charge in [0.2, 0.25) is 11.8 Å². The molecule has 0 spiro atoms. The van der Waals surface area contributed by atoms with E-state index in [4.69, 9.17) is 14.9 Å². The number of aliphatic carboxylic acids is 1. The SMILES string of the molecule is CCCCC/C=C\C/C=C\C/C=C\CCCCCCCCC(=O)OC(CCCCC/C=C\CCCCCCCCCC)CCCCCCCC(=O)NCC(=O)NC(CO)C(=O)O. The molecular weight excluding hydrogens is 777 g/mol. The molecule has 0 fully saturated rings. The fourth-order valence-electron chi connectivity index (χ4n) is 7.36. The average Bonchev–Trinajstić information content (AvgIpc) is 3.26. The Balaban J connectivity index is 4.36. The average molecular weight is 871 g/mol. The zero-order valence-corrected chi connectivity index (χ0v) is 39.9. The fourth-order valence-corrected chi connectivity index (χ4v) is 7.36. The van der Waals surface area contributed by atoms with Crippen molar-refractivity contribution < 1.29 is 34.1 Å². The molecule has 0 aromatic carbocycles. The summed E-state index contributed by atoms with van der Waals surface area (Å²) in [5, 5.41) is 22.6. The second-order valence-electron chi connectivity index (χ2n) is 17.3. The van der Waals surface area contributed by atoms with Gasteiger partial charge in [0.05, 0.1) is 13.2 Å². The molecular formula is C53H94N2O7. The molecule has 0 saturated heterocycles. The van der Waals surface area contributed by atoms with Crippen LogP contribution in [0, 0.1) is 0 Å². The molecule has 2 atom stereocenters. The maximum atomic E-state index is 12.9. The Labute approximate surface area is 379 Å². The predicted molar refractivity (Wildman–Crippen MR) is 259 cm³/mol. The third kappa shape index (κ3) is 43.4. The monoisotopic (exact) mass is 871 g/mol. The lowest BCUT2D eigenvalue weighted by atomic mass is 10.0. The van der Waals surface area contributed by atoms with E-state index in [-0.39, 0.29) is 30.9 Å². The normalized spacial score (nSPS) is 12.8. The second kappa shape index (κ2) is 47.3. The van der Waals surface area contributed by atoms with E-state index >= 15 is 0 Å². The van der Waals surface area contributed by atoms with Crippen LogP contribution in [-0.4, -0.2) is 59.3 Å². The lowest BCUT2D eigenvalue weighted by Crippen LogP contribution is -2.47. The van der Waals surface area contributed by atoms with Gasteiger partial charge in [0.15, 0.2) is 0 Å². The van der Waals surface area contributed by atoms with E-state index in [0.717, 1.165) is 96.3 Å². The number of aliphatic hydroxyl groups is 1. The summed E-state index contributed by atoms with van der Waals surface area (Å²) in [4.78, 5) is 47.8. The molecule has 4 N–H and O–H groups in total. The van der Waals surface area contributed by atoms with Gasteiger partial charge in [0.1, 0.15) is 12.1 Å². The van der Waals surface area contributed by atoms with Crippen molar-refractivity contribution in [1.29, 1.82) is 0 Å². The number of hydrogen-bond acceptors (Lipinski definition) is 6. The Bertz CT molecular complexity index is 1180. The van der Waals surface area contributed by atoms with E-state index in [0.29, 0.717) is 12.8 Å². The fraction of sp³-hybridized carbons (Fsp3) is 0.774. The first-order chi connectivity index (χ1) is 30.3. The predicted octanol–water partition coefficient (Wildman–Crippen LogP) is 13.5. The first-order valence-corrected chi connectivity index (χ1v) is 25.5. The van der Waals surface area contributed by atoms with Crippen molar-refractivity contribution in [3.05, 3.63) is 48.6 Å². The van der Waals surface area contributed by atoms with Crippen molar-refractivity contribution in [3.8, 4) is 0 Å². The van der Waals surface area contributed by atoms with Crippen LogP contribution in [-0.2, 0) is 23.9 Å². The number of ether oxygens (including phenoxy) is 1. The van der Waals surface area contributed by atoms with E-state index in [1.807, 2.05) is 0 Å². The molecule has 0 aliphatic rings. The molecule has 2 amide bonds. The van der Waals surface area contributed by atoms with Gasteiger partial charge in [-0.2, -0.15) is 0 Å². The highest BCUT2D eigenvalue weighted by atomic mass is 16.5. The number of hydrogen-bond donors (Lipinski definition) is 4. The maximum absolute atomic E-state index is 12.9. The van der Waals surface area contributed by atoms with Crippen LogP contribution < -0.4 is 10.6 Å². The molecule has 2 unspecified atom stereocenters. The summed E-state index contributed by atoms with van der Waals surface area (Å²) in [7, 11) is 0. The molecule has 0 saturated carbocycles. The van der Waals surface area contributed by atoms with Crippen LogP contribution in [0.4, 0.5) is 0 Å². The highest BCUT2D eigenvalue weighted by Gasteiger charge is 2.19. The molecule has 0 aromatic heterocycles. The number of unbranched alkanes of at least 4 members (excludes halogenated alkanes) is 24. The van der Waals surface area contributed by atoms with Gasteiger partial charge < -0.3 is 25.6 Å². The van der Waals surface area contributed by atoms with Crippen molar-refractivity contribution >= 4 is 23.8 Å². The summed E-state index contributed by atoms with van der Waals surface area (Å²) in [6.07, 6.45) is 57.1. The molecule has 0 rings (SSSR count). The Morgan fingerprint density at radius 2 is 0.871 bits per heavy atom. The minimum Gasteiger partial charge on any atom is -0.480 e. The molecule has 0 aliphatic heterocycles. The number of carboxylic acids is 1. The van der Waals surface area contributed by atoms with Crippen molar-refractivity contribution in [1.82, 2.24) is 10.6 Å². The summed E-state index contributed by atoms with van der Waals surface area (Å²) in [6, 6.07) is -1.39. The lowest BCUT2D eigenvalue weighted by molar-refractivity contribution is -0.150. The van der Waals surface area contributed by atoms with Crippen molar-refractivity contribution in [2.45, 2.75) is 251 Å². The summed E-state index contributed by atoms with van der Waals surface area (Å²) < 4.78 is 6.06. The highest BCUT2D eigenvalue weighted by molar-refractivity contribution is 5.87. The van der Waals surface area contributed by atoms with Crippen LogP contribution in [0.3, 0.4) is 0 Å². The molecule has 62 heavy (non-hydrogen) atoms. The summed E-state index contributed by atoms with van der Waals surface area (Å²) in [6.45, 7) is 3.47. The summed E-state index contributed by atoms with van der Waals surface area (Å²) in [5.74, 6) is -2.31. The number of rotatable bonds is 46. The van der Waals surface area contributed by atoms with E-state index in [1.54, 1.807) is 0 Å². The number of carbonyl (C=O) groups is 4. The van der Waals surface area contributed by atoms with Gasteiger partial charge in [-0.15, -0.1) is 0 Å². The first-order valence-electron chi connectivity index (χ1n) is 25.5. The largest absolute Gasteiger partial charge is 0.480 e. The van der Waals surface area contributed by atoms with Gasteiger partial charge in [-0.25, -0.2) is 4.79 Å². The number of allylic oxidation sites excluding steroid dienone is 8. The molecule has 358 valence electrons. The second-order valence-corrected chi connectivity index (χ2v) is 17.3. The standard InChI is InChI=1S/C53H94N2O7/c1-3-5-7-9-11-13-15-17-19-20-21-22-24-26-28-30-32-37-41-45-52(59)62-48(42-38-34-31-29-27-25-23-18-16-14-12-10-8-6-4-2)43-39-35-33-36-40-44-50(57)54-46-51(58)55-49(47-56)53(60)61/h11,13,17,19,21-22,25,27,48-49,56H,3-10,12,14-16,18,20,23-24,26,28-47H2,1-2H3,(H,54,57)(H,55,58)(H,60,61)/b13-11-,19-17-,22-21-,27-25-. The molecule has 0 aliphatic carbocycles. The van der Waals surface area contributed by atoms with Crippen LogP contribution in [0.2, 0.25) is 0 Å².